The Morgan fingerprint density at radius 2 is 1.33 bits per heavy atom. The molecule has 7 heteroatoms. The van der Waals surface area contributed by atoms with E-state index in [0.717, 1.165) is 43.0 Å². The standard InChI is InChI=1S/C26H38O5S.K/c1-2-3-4-5-6-7-8-9-10-11-12-13-16-22-17-14-15-18-25(22)31-26-21-23(32(28,29)30)19-20-24(26)27;/h14-15,17-21,27H,2-13,16H2,1H3,(H,28,29,30);/q;+1/p-1. The van der Waals surface area contributed by atoms with Gasteiger partial charge in [-0.05, 0) is 30.5 Å². The van der Waals surface area contributed by atoms with Crippen molar-refractivity contribution in [2.24, 2.45) is 0 Å². The van der Waals surface area contributed by atoms with E-state index in [4.69, 9.17) is 4.74 Å². The molecule has 0 saturated carbocycles. The van der Waals surface area contributed by atoms with E-state index in [1.54, 1.807) is 6.07 Å². The zero-order valence-corrected chi connectivity index (χ0v) is 24.2. The zero-order valence-electron chi connectivity index (χ0n) is 20.2. The van der Waals surface area contributed by atoms with E-state index in [-0.39, 0.29) is 62.0 Å². The van der Waals surface area contributed by atoms with Gasteiger partial charge in [0.05, 0.1) is 4.90 Å². The number of ether oxygens (including phenoxy) is 1. The molecule has 0 saturated heterocycles. The molecule has 2 aromatic rings. The van der Waals surface area contributed by atoms with Gasteiger partial charge < -0.3 is 9.84 Å². The summed E-state index contributed by atoms with van der Waals surface area (Å²) in [6.07, 6.45) is 16.3. The molecule has 5 nitrogen and oxygen atoms in total. The van der Waals surface area contributed by atoms with Crippen LogP contribution in [0.2, 0.25) is 0 Å². The van der Waals surface area contributed by atoms with Crippen molar-refractivity contribution in [1.82, 2.24) is 0 Å². The molecule has 0 fully saturated rings. The second kappa shape index (κ2) is 17.1. The summed E-state index contributed by atoms with van der Waals surface area (Å²) < 4.78 is 37.7. The van der Waals surface area contributed by atoms with E-state index in [1.165, 1.54) is 64.2 Å². The Hall–Kier alpha value is -0.414. The van der Waals surface area contributed by atoms with Crippen molar-refractivity contribution in [3.63, 3.8) is 0 Å². The monoisotopic (exact) mass is 500 g/mol. The molecule has 0 bridgehead atoms. The summed E-state index contributed by atoms with van der Waals surface area (Å²) in [5.41, 5.74) is 0.983. The molecular weight excluding hydrogens is 463 g/mol. The molecule has 0 heterocycles. The largest absolute Gasteiger partial charge is 1.00 e. The SMILES string of the molecule is CCCCCCCCCCCCCCc1ccccc1Oc1cc(S(=O)(=O)O)ccc1[O-].[K+]. The third kappa shape index (κ3) is 12.2. The molecule has 2 rings (SSSR count). The summed E-state index contributed by atoms with van der Waals surface area (Å²) in [5, 5.41) is 12.1. The number of aryl methyl sites for hydroxylation is 1. The van der Waals surface area contributed by atoms with Crippen LogP contribution < -0.4 is 61.2 Å². The quantitative estimate of drug-likeness (QED) is 0.213. The van der Waals surface area contributed by atoms with E-state index in [1.807, 2.05) is 18.2 Å². The van der Waals surface area contributed by atoms with Gasteiger partial charge >= 0.3 is 51.4 Å². The summed E-state index contributed by atoms with van der Waals surface area (Å²) >= 11 is 0. The minimum Gasteiger partial charge on any atom is -0.870 e. The first-order chi connectivity index (χ1) is 15.4. The Morgan fingerprint density at radius 3 is 1.91 bits per heavy atom. The number of hydrogen-bond acceptors (Lipinski definition) is 4. The van der Waals surface area contributed by atoms with Crippen LogP contribution in [0.3, 0.4) is 0 Å². The van der Waals surface area contributed by atoms with Gasteiger partial charge in [0.1, 0.15) is 11.5 Å². The van der Waals surface area contributed by atoms with Crippen molar-refractivity contribution in [3.05, 3.63) is 48.0 Å². The van der Waals surface area contributed by atoms with Crippen LogP contribution >= 0.6 is 0 Å². The molecule has 33 heavy (non-hydrogen) atoms. The van der Waals surface area contributed by atoms with Crippen LogP contribution in [-0.4, -0.2) is 13.0 Å². The summed E-state index contributed by atoms with van der Waals surface area (Å²) in [4.78, 5) is -0.356. The normalized spacial score (nSPS) is 11.2. The van der Waals surface area contributed by atoms with Gasteiger partial charge in [0.15, 0.2) is 0 Å². The molecule has 1 N–H and O–H groups in total. The third-order valence-corrected chi connectivity index (χ3v) is 6.55. The Balaban J connectivity index is 0.00000544. The van der Waals surface area contributed by atoms with Crippen molar-refractivity contribution < 1.29 is 74.2 Å². The average molecular weight is 501 g/mol. The fraction of sp³-hybridized carbons (Fsp3) is 0.538. The molecule has 0 unspecified atom stereocenters. The fourth-order valence-corrected chi connectivity index (χ4v) is 4.31. The van der Waals surface area contributed by atoms with Crippen molar-refractivity contribution >= 4 is 10.1 Å². The smallest absolute Gasteiger partial charge is 0.870 e. The van der Waals surface area contributed by atoms with Gasteiger partial charge in [-0.15, -0.1) is 0 Å². The Kier molecular flexibility index (Phi) is 15.9. The first-order valence-electron chi connectivity index (χ1n) is 12.0. The number of unbranched alkanes of at least 4 members (excludes halogenated alkanes) is 11. The number of benzene rings is 2. The molecule has 0 aliphatic rings. The van der Waals surface area contributed by atoms with Crippen molar-refractivity contribution in [2.75, 3.05) is 0 Å². The van der Waals surface area contributed by atoms with E-state index in [0.29, 0.717) is 5.75 Å². The van der Waals surface area contributed by atoms with Crippen molar-refractivity contribution in [2.45, 2.75) is 95.3 Å². The van der Waals surface area contributed by atoms with E-state index in [2.05, 4.69) is 6.92 Å². The van der Waals surface area contributed by atoms with Crippen LogP contribution in [0.1, 0.15) is 89.5 Å². The molecule has 0 atom stereocenters. The van der Waals surface area contributed by atoms with Crippen LogP contribution in [0.5, 0.6) is 17.2 Å². The van der Waals surface area contributed by atoms with E-state index >= 15 is 0 Å². The second-order valence-electron chi connectivity index (χ2n) is 8.43. The predicted molar refractivity (Wildman–Crippen MR) is 127 cm³/mol. The number of para-hydroxylation sites is 1. The Morgan fingerprint density at radius 1 is 0.788 bits per heavy atom. The van der Waals surface area contributed by atoms with Gasteiger partial charge in [0.25, 0.3) is 10.1 Å². The maximum absolute atomic E-state index is 12.1. The summed E-state index contributed by atoms with van der Waals surface area (Å²) in [6, 6.07) is 10.7. The minimum atomic E-state index is -4.40. The first-order valence-corrected chi connectivity index (χ1v) is 13.4. The van der Waals surface area contributed by atoms with Crippen LogP contribution in [0.25, 0.3) is 0 Å². The molecule has 178 valence electrons. The average Bonchev–Trinajstić information content (AvgIpc) is 2.76. The molecular formula is C26H37KO5S. The van der Waals surface area contributed by atoms with E-state index in [9.17, 15) is 18.1 Å². The molecule has 0 aliphatic heterocycles. The Bertz CT molecular complexity index is 915. The third-order valence-electron chi connectivity index (χ3n) is 5.71. The summed E-state index contributed by atoms with van der Waals surface area (Å²) in [7, 11) is -4.40. The Labute approximate surface area is 242 Å². The van der Waals surface area contributed by atoms with Gasteiger partial charge in [-0.25, -0.2) is 0 Å². The van der Waals surface area contributed by atoms with Gasteiger partial charge in [-0.2, -0.15) is 8.42 Å². The fourth-order valence-electron chi connectivity index (χ4n) is 3.81. The van der Waals surface area contributed by atoms with E-state index < -0.39 is 15.9 Å². The molecule has 0 aromatic heterocycles. The maximum Gasteiger partial charge on any atom is 1.00 e. The molecule has 0 spiro atoms. The first kappa shape index (κ1) is 30.6. The maximum atomic E-state index is 12.1. The summed E-state index contributed by atoms with van der Waals surface area (Å²) in [5.74, 6) is -0.00000328. The minimum absolute atomic E-state index is 0. The van der Waals surface area contributed by atoms with Crippen molar-refractivity contribution in [3.8, 4) is 17.2 Å². The molecule has 0 amide bonds. The van der Waals surface area contributed by atoms with Gasteiger partial charge in [0.2, 0.25) is 0 Å². The number of rotatable bonds is 16. The van der Waals surface area contributed by atoms with Crippen LogP contribution in [-0.2, 0) is 16.5 Å². The number of hydrogen-bond donors (Lipinski definition) is 1. The van der Waals surface area contributed by atoms with Crippen LogP contribution in [0.15, 0.2) is 47.4 Å². The van der Waals surface area contributed by atoms with Crippen LogP contribution in [0.4, 0.5) is 0 Å². The van der Waals surface area contributed by atoms with Crippen molar-refractivity contribution in [1.29, 1.82) is 0 Å². The zero-order chi connectivity index (χ0) is 23.2. The summed E-state index contributed by atoms with van der Waals surface area (Å²) in [6.45, 7) is 2.25. The molecule has 0 aliphatic carbocycles. The van der Waals surface area contributed by atoms with Gasteiger partial charge in [-0.1, -0.05) is 108 Å². The molecule has 0 radical (unpaired) electrons. The van der Waals surface area contributed by atoms with Crippen LogP contribution in [0, 0.1) is 0 Å². The van der Waals surface area contributed by atoms with Gasteiger partial charge in [0, 0.05) is 6.07 Å². The molecule has 2 aromatic carbocycles. The second-order valence-corrected chi connectivity index (χ2v) is 9.85. The predicted octanol–water partition coefficient (Wildman–Crippen LogP) is 4.05. The van der Waals surface area contributed by atoms with Gasteiger partial charge in [-0.3, -0.25) is 4.55 Å². The topological polar surface area (TPSA) is 86.7 Å².